The largest absolute Gasteiger partial charge is 0.399 e. The molecule has 0 atom stereocenters. The Bertz CT molecular complexity index is 342. The quantitative estimate of drug-likeness (QED) is 0.731. The summed E-state index contributed by atoms with van der Waals surface area (Å²) in [7, 11) is 0. The van der Waals surface area contributed by atoms with E-state index in [4.69, 9.17) is 5.73 Å². The van der Waals surface area contributed by atoms with Crippen LogP contribution in [0.4, 0.5) is 0 Å². The summed E-state index contributed by atoms with van der Waals surface area (Å²) in [4.78, 5) is 1.20. The summed E-state index contributed by atoms with van der Waals surface area (Å²) in [6.45, 7) is 7.97. The molecule has 1 rings (SSSR count). The Labute approximate surface area is 84.0 Å². The van der Waals surface area contributed by atoms with Gasteiger partial charge in [-0.2, -0.15) is 0 Å². The topological polar surface area (TPSA) is 26.0 Å². The second-order valence-corrected chi connectivity index (χ2v) is 4.01. The fourth-order valence-electron chi connectivity index (χ4n) is 1.21. The summed E-state index contributed by atoms with van der Waals surface area (Å²) < 4.78 is 0. The third-order valence-electron chi connectivity index (χ3n) is 2.16. The molecule has 1 aromatic carbocycles. The standard InChI is InChI=1S/C11H15NS/c1-7-5-10(9(3)12)11(13-4)6-8(7)2/h5-6H,3,12H2,1-2,4H3. The van der Waals surface area contributed by atoms with Crippen LogP contribution in [0.1, 0.15) is 16.7 Å². The molecule has 70 valence electrons. The predicted molar refractivity (Wildman–Crippen MR) is 60.9 cm³/mol. The molecule has 0 aliphatic rings. The number of hydrogen-bond donors (Lipinski definition) is 1. The lowest BCUT2D eigenvalue weighted by molar-refractivity contribution is 1.25. The van der Waals surface area contributed by atoms with E-state index in [-0.39, 0.29) is 0 Å². The number of nitrogens with two attached hydrogens (primary N) is 1. The molecule has 0 heterocycles. The molecule has 0 amide bonds. The first-order valence-corrected chi connectivity index (χ1v) is 5.38. The van der Waals surface area contributed by atoms with Crippen molar-refractivity contribution in [2.24, 2.45) is 5.73 Å². The molecule has 0 radical (unpaired) electrons. The number of thioether (sulfide) groups is 1. The number of rotatable bonds is 2. The molecule has 0 unspecified atom stereocenters. The normalized spacial score (nSPS) is 10.1. The molecule has 1 nitrogen and oxygen atoms in total. The maximum Gasteiger partial charge on any atom is 0.0326 e. The van der Waals surface area contributed by atoms with E-state index in [0.717, 1.165) is 5.56 Å². The number of aryl methyl sites for hydroxylation is 2. The highest BCUT2D eigenvalue weighted by atomic mass is 32.2. The van der Waals surface area contributed by atoms with Crippen molar-refractivity contribution in [1.29, 1.82) is 0 Å². The Hall–Kier alpha value is -0.890. The lowest BCUT2D eigenvalue weighted by atomic mass is 10.0. The van der Waals surface area contributed by atoms with Gasteiger partial charge in [-0.15, -0.1) is 11.8 Å². The van der Waals surface area contributed by atoms with Crippen LogP contribution in [0.2, 0.25) is 0 Å². The smallest absolute Gasteiger partial charge is 0.0326 e. The van der Waals surface area contributed by atoms with E-state index in [1.165, 1.54) is 16.0 Å². The molecule has 2 N–H and O–H groups in total. The minimum absolute atomic E-state index is 0.646. The molecule has 0 saturated heterocycles. The first-order chi connectivity index (χ1) is 6.06. The summed E-state index contributed by atoms with van der Waals surface area (Å²) in [5.74, 6) is 0. The zero-order valence-corrected chi connectivity index (χ0v) is 9.16. The Morgan fingerprint density at radius 1 is 1.31 bits per heavy atom. The zero-order valence-electron chi connectivity index (χ0n) is 8.35. The number of benzene rings is 1. The van der Waals surface area contributed by atoms with Crippen molar-refractivity contribution in [1.82, 2.24) is 0 Å². The Morgan fingerprint density at radius 2 is 1.85 bits per heavy atom. The highest BCUT2D eigenvalue weighted by molar-refractivity contribution is 7.98. The second kappa shape index (κ2) is 3.88. The SMILES string of the molecule is C=C(N)c1cc(C)c(C)cc1SC. The van der Waals surface area contributed by atoms with Crippen LogP contribution in [-0.2, 0) is 0 Å². The van der Waals surface area contributed by atoms with Crippen LogP contribution in [0.15, 0.2) is 23.6 Å². The summed E-state index contributed by atoms with van der Waals surface area (Å²) >= 11 is 1.71. The van der Waals surface area contributed by atoms with E-state index < -0.39 is 0 Å². The fraction of sp³-hybridized carbons (Fsp3) is 0.273. The maximum atomic E-state index is 5.70. The summed E-state index contributed by atoms with van der Waals surface area (Å²) in [6.07, 6.45) is 2.05. The Morgan fingerprint density at radius 3 is 2.31 bits per heavy atom. The van der Waals surface area contributed by atoms with Crippen molar-refractivity contribution in [2.75, 3.05) is 6.26 Å². The highest BCUT2D eigenvalue weighted by Gasteiger charge is 2.05. The third-order valence-corrected chi connectivity index (χ3v) is 2.94. The molecule has 0 fully saturated rings. The molecular weight excluding hydrogens is 178 g/mol. The van der Waals surface area contributed by atoms with Gasteiger partial charge in [0, 0.05) is 16.2 Å². The molecule has 0 saturated carbocycles. The van der Waals surface area contributed by atoms with Gasteiger partial charge in [0.1, 0.15) is 0 Å². The molecule has 0 spiro atoms. The number of hydrogen-bond acceptors (Lipinski definition) is 2. The van der Waals surface area contributed by atoms with Gasteiger partial charge in [-0.3, -0.25) is 0 Å². The Kier molecular flexibility index (Phi) is 3.04. The summed E-state index contributed by atoms with van der Waals surface area (Å²) in [5, 5.41) is 0. The molecule has 0 aliphatic heterocycles. The van der Waals surface area contributed by atoms with E-state index in [9.17, 15) is 0 Å². The van der Waals surface area contributed by atoms with Gasteiger partial charge in [-0.05, 0) is 43.4 Å². The fourth-order valence-corrected chi connectivity index (χ4v) is 1.91. The first kappa shape index (κ1) is 10.2. The monoisotopic (exact) mass is 193 g/mol. The zero-order chi connectivity index (χ0) is 10.0. The average Bonchev–Trinajstić information content (AvgIpc) is 2.08. The molecule has 2 heteroatoms. The van der Waals surface area contributed by atoms with Crippen LogP contribution < -0.4 is 5.73 Å². The van der Waals surface area contributed by atoms with E-state index in [0.29, 0.717) is 5.70 Å². The van der Waals surface area contributed by atoms with Crippen molar-refractivity contribution < 1.29 is 0 Å². The van der Waals surface area contributed by atoms with Crippen molar-refractivity contribution >= 4 is 17.5 Å². The van der Waals surface area contributed by atoms with E-state index >= 15 is 0 Å². The molecular formula is C11H15NS. The predicted octanol–water partition coefficient (Wildman–Crippen LogP) is 2.95. The van der Waals surface area contributed by atoms with E-state index in [2.05, 4.69) is 38.8 Å². The van der Waals surface area contributed by atoms with E-state index in [1.54, 1.807) is 11.8 Å². The molecule has 1 aromatic rings. The molecule has 13 heavy (non-hydrogen) atoms. The third kappa shape index (κ3) is 2.07. The average molecular weight is 193 g/mol. The van der Waals surface area contributed by atoms with Crippen LogP contribution in [0, 0.1) is 13.8 Å². The highest BCUT2D eigenvalue weighted by Crippen LogP contribution is 2.26. The van der Waals surface area contributed by atoms with Gasteiger partial charge in [-0.25, -0.2) is 0 Å². The van der Waals surface area contributed by atoms with Gasteiger partial charge in [0.25, 0.3) is 0 Å². The molecule has 0 aliphatic carbocycles. The van der Waals surface area contributed by atoms with E-state index in [1.807, 2.05) is 0 Å². The minimum atomic E-state index is 0.646. The minimum Gasteiger partial charge on any atom is -0.399 e. The van der Waals surface area contributed by atoms with Gasteiger partial charge in [0.2, 0.25) is 0 Å². The lowest BCUT2D eigenvalue weighted by Gasteiger charge is -2.10. The summed E-state index contributed by atoms with van der Waals surface area (Å²) in [6, 6.07) is 4.26. The van der Waals surface area contributed by atoms with Crippen LogP contribution in [0.5, 0.6) is 0 Å². The van der Waals surface area contributed by atoms with Gasteiger partial charge >= 0.3 is 0 Å². The van der Waals surface area contributed by atoms with Gasteiger partial charge in [0.05, 0.1) is 0 Å². The lowest BCUT2D eigenvalue weighted by Crippen LogP contribution is -1.97. The first-order valence-electron chi connectivity index (χ1n) is 4.16. The van der Waals surface area contributed by atoms with Crippen LogP contribution in [-0.4, -0.2) is 6.26 Å². The van der Waals surface area contributed by atoms with Crippen molar-refractivity contribution in [3.05, 3.63) is 35.4 Å². The van der Waals surface area contributed by atoms with Crippen molar-refractivity contribution in [3.63, 3.8) is 0 Å². The summed E-state index contributed by atoms with van der Waals surface area (Å²) in [5.41, 5.74) is 9.98. The van der Waals surface area contributed by atoms with Crippen LogP contribution in [0.3, 0.4) is 0 Å². The van der Waals surface area contributed by atoms with Crippen LogP contribution in [0.25, 0.3) is 5.70 Å². The second-order valence-electron chi connectivity index (χ2n) is 3.16. The van der Waals surface area contributed by atoms with Crippen molar-refractivity contribution in [2.45, 2.75) is 18.7 Å². The van der Waals surface area contributed by atoms with Gasteiger partial charge in [-0.1, -0.05) is 6.58 Å². The van der Waals surface area contributed by atoms with Gasteiger partial charge in [0.15, 0.2) is 0 Å². The Balaban J connectivity index is 3.33. The molecule has 0 aromatic heterocycles. The maximum absolute atomic E-state index is 5.70. The van der Waals surface area contributed by atoms with Crippen LogP contribution >= 0.6 is 11.8 Å². The van der Waals surface area contributed by atoms with Crippen molar-refractivity contribution in [3.8, 4) is 0 Å². The van der Waals surface area contributed by atoms with Gasteiger partial charge < -0.3 is 5.73 Å². The molecule has 0 bridgehead atoms.